The van der Waals surface area contributed by atoms with E-state index in [0.29, 0.717) is 5.75 Å². The molecule has 19 heavy (non-hydrogen) atoms. The molecule has 0 bridgehead atoms. The van der Waals surface area contributed by atoms with E-state index >= 15 is 0 Å². The molecule has 0 aliphatic heterocycles. The zero-order valence-electron chi connectivity index (χ0n) is 9.57. The molecule has 0 aliphatic carbocycles. The summed E-state index contributed by atoms with van der Waals surface area (Å²) in [4.78, 5) is 12.5. The summed E-state index contributed by atoms with van der Waals surface area (Å²) in [6, 6.07) is 8.42. The molecule has 5 nitrogen and oxygen atoms in total. The van der Waals surface area contributed by atoms with Crippen LogP contribution in [0.25, 0.3) is 0 Å². The molecule has 98 valence electrons. The van der Waals surface area contributed by atoms with Crippen LogP contribution in [-0.4, -0.2) is 21.3 Å². The van der Waals surface area contributed by atoms with Crippen LogP contribution >= 0.6 is 12.6 Å². The Morgan fingerprint density at radius 3 is 2.05 bits per heavy atom. The number of hydrogen-bond donors (Lipinski definition) is 4. The summed E-state index contributed by atoms with van der Waals surface area (Å²) < 4.78 is 5.03. The lowest BCUT2D eigenvalue weighted by Crippen LogP contribution is -2.08. The summed E-state index contributed by atoms with van der Waals surface area (Å²) in [5, 5.41) is 27.8. The minimum absolute atomic E-state index is 0.0808. The number of aromatic hydroxyl groups is 3. The lowest BCUT2D eigenvalue weighted by Gasteiger charge is -2.06. The highest BCUT2D eigenvalue weighted by molar-refractivity contribution is 7.80. The molecule has 0 atom stereocenters. The highest BCUT2D eigenvalue weighted by Crippen LogP contribution is 2.35. The van der Waals surface area contributed by atoms with Gasteiger partial charge in [-0.1, -0.05) is 0 Å². The van der Waals surface area contributed by atoms with Gasteiger partial charge in [-0.2, -0.15) is 0 Å². The van der Waals surface area contributed by atoms with Crippen LogP contribution < -0.4 is 4.74 Å². The van der Waals surface area contributed by atoms with E-state index in [9.17, 15) is 20.1 Å². The van der Waals surface area contributed by atoms with Crippen molar-refractivity contribution in [3.63, 3.8) is 0 Å². The fraction of sp³-hybridized carbons (Fsp3) is 0. The van der Waals surface area contributed by atoms with E-state index < -0.39 is 23.2 Å². The van der Waals surface area contributed by atoms with Gasteiger partial charge in [-0.3, -0.25) is 0 Å². The molecule has 0 amide bonds. The smallest absolute Gasteiger partial charge is 0.343 e. The summed E-state index contributed by atoms with van der Waals surface area (Å²) in [5.41, 5.74) is -0.0808. The molecule has 0 unspecified atom stereocenters. The lowest BCUT2D eigenvalue weighted by atomic mass is 10.2. The second-order valence-electron chi connectivity index (χ2n) is 3.75. The molecule has 0 aromatic heterocycles. The van der Waals surface area contributed by atoms with Gasteiger partial charge < -0.3 is 20.1 Å². The van der Waals surface area contributed by atoms with Crippen molar-refractivity contribution in [2.45, 2.75) is 4.90 Å². The summed E-state index contributed by atoms with van der Waals surface area (Å²) in [6.07, 6.45) is 0. The predicted octanol–water partition coefficient (Wildman–Crippen LogP) is 2.31. The molecule has 2 rings (SSSR count). The van der Waals surface area contributed by atoms with Crippen LogP contribution in [0.15, 0.2) is 41.3 Å². The van der Waals surface area contributed by atoms with Gasteiger partial charge in [0.05, 0.1) is 5.56 Å². The number of rotatable bonds is 2. The number of phenols is 3. The summed E-state index contributed by atoms with van der Waals surface area (Å²) >= 11 is 4.10. The molecule has 0 saturated carbocycles. The number of hydrogen-bond acceptors (Lipinski definition) is 6. The van der Waals surface area contributed by atoms with Crippen LogP contribution in [0.4, 0.5) is 0 Å². The topological polar surface area (TPSA) is 87.0 Å². The first-order valence-electron chi connectivity index (χ1n) is 5.23. The minimum Gasteiger partial charge on any atom is -0.504 e. The monoisotopic (exact) mass is 278 g/mol. The standard InChI is InChI=1S/C13H10O5S/c14-10-5-7(6-11(15)12(10)16)13(17)18-8-1-3-9(19)4-2-8/h1-6,14-16,19H. The van der Waals surface area contributed by atoms with Crippen LogP contribution in [0.1, 0.15) is 10.4 Å². The van der Waals surface area contributed by atoms with Crippen molar-refractivity contribution in [2.24, 2.45) is 0 Å². The van der Waals surface area contributed by atoms with Gasteiger partial charge in [0.2, 0.25) is 0 Å². The quantitative estimate of drug-likeness (QED) is 0.293. The fourth-order valence-corrected chi connectivity index (χ4v) is 1.55. The van der Waals surface area contributed by atoms with Crippen molar-refractivity contribution in [1.29, 1.82) is 0 Å². The highest BCUT2D eigenvalue weighted by Gasteiger charge is 2.15. The van der Waals surface area contributed by atoms with Crippen molar-refractivity contribution in [2.75, 3.05) is 0 Å². The maximum atomic E-state index is 11.8. The van der Waals surface area contributed by atoms with Crippen molar-refractivity contribution < 1.29 is 24.9 Å². The van der Waals surface area contributed by atoms with Gasteiger partial charge in [-0.05, 0) is 36.4 Å². The fourth-order valence-electron chi connectivity index (χ4n) is 1.40. The molecule has 2 aromatic rings. The highest BCUT2D eigenvalue weighted by atomic mass is 32.1. The third-order valence-corrected chi connectivity index (χ3v) is 2.65. The molecule has 6 heteroatoms. The van der Waals surface area contributed by atoms with Crippen molar-refractivity contribution in [1.82, 2.24) is 0 Å². The van der Waals surface area contributed by atoms with Crippen LogP contribution in [0, 0.1) is 0 Å². The van der Waals surface area contributed by atoms with E-state index in [1.807, 2.05) is 0 Å². The number of esters is 1. The Hall–Kier alpha value is -2.34. The van der Waals surface area contributed by atoms with Gasteiger partial charge in [0.1, 0.15) is 5.75 Å². The van der Waals surface area contributed by atoms with Gasteiger partial charge in [0.25, 0.3) is 0 Å². The van der Waals surface area contributed by atoms with Crippen LogP contribution in [0.2, 0.25) is 0 Å². The van der Waals surface area contributed by atoms with Gasteiger partial charge in [0, 0.05) is 4.90 Å². The third kappa shape index (κ3) is 2.92. The van der Waals surface area contributed by atoms with Crippen molar-refractivity contribution in [3.8, 4) is 23.0 Å². The van der Waals surface area contributed by atoms with E-state index in [-0.39, 0.29) is 5.56 Å². The van der Waals surface area contributed by atoms with Crippen molar-refractivity contribution in [3.05, 3.63) is 42.0 Å². The molecule has 0 aliphatic rings. The lowest BCUT2D eigenvalue weighted by molar-refractivity contribution is 0.0733. The number of ether oxygens (including phenoxy) is 1. The molecular formula is C13H10O5S. The van der Waals surface area contributed by atoms with Crippen LogP contribution in [0.3, 0.4) is 0 Å². The van der Waals surface area contributed by atoms with E-state index in [1.54, 1.807) is 24.3 Å². The summed E-state index contributed by atoms with van der Waals surface area (Å²) in [5.74, 6) is -2.35. The Labute approximate surface area is 114 Å². The molecule has 3 N–H and O–H groups in total. The number of benzene rings is 2. The maximum absolute atomic E-state index is 11.8. The zero-order chi connectivity index (χ0) is 14.0. The van der Waals surface area contributed by atoms with Gasteiger partial charge in [-0.15, -0.1) is 12.6 Å². The molecule has 0 fully saturated rings. The average Bonchev–Trinajstić information content (AvgIpc) is 2.38. The second kappa shape index (κ2) is 5.11. The molecule has 0 heterocycles. The average molecular weight is 278 g/mol. The molecular weight excluding hydrogens is 268 g/mol. The Morgan fingerprint density at radius 2 is 1.53 bits per heavy atom. The first-order valence-corrected chi connectivity index (χ1v) is 5.68. The van der Waals surface area contributed by atoms with E-state index in [4.69, 9.17) is 4.74 Å². The molecule has 0 radical (unpaired) electrons. The number of carbonyl (C=O) groups is 1. The summed E-state index contributed by atoms with van der Waals surface area (Å²) in [7, 11) is 0. The Bertz CT molecular complexity index is 598. The first-order chi connectivity index (χ1) is 8.97. The van der Waals surface area contributed by atoms with E-state index in [0.717, 1.165) is 17.0 Å². The van der Waals surface area contributed by atoms with E-state index in [1.165, 1.54) is 0 Å². The normalized spacial score (nSPS) is 10.2. The number of thiol groups is 1. The van der Waals surface area contributed by atoms with Crippen molar-refractivity contribution >= 4 is 18.6 Å². The van der Waals surface area contributed by atoms with E-state index in [2.05, 4.69) is 12.6 Å². The molecule has 0 saturated heterocycles. The first kappa shape index (κ1) is 13.1. The van der Waals surface area contributed by atoms with Crippen LogP contribution in [0.5, 0.6) is 23.0 Å². The van der Waals surface area contributed by atoms with Crippen LogP contribution in [-0.2, 0) is 0 Å². The predicted molar refractivity (Wildman–Crippen MR) is 70.1 cm³/mol. The van der Waals surface area contributed by atoms with Gasteiger partial charge in [0.15, 0.2) is 17.2 Å². The Kier molecular flexibility index (Phi) is 3.52. The second-order valence-corrected chi connectivity index (χ2v) is 4.26. The zero-order valence-corrected chi connectivity index (χ0v) is 10.5. The number of carbonyl (C=O) groups excluding carboxylic acids is 1. The summed E-state index contributed by atoms with van der Waals surface area (Å²) in [6.45, 7) is 0. The Morgan fingerprint density at radius 1 is 1.00 bits per heavy atom. The maximum Gasteiger partial charge on any atom is 0.343 e. The minimum atomic E-state index is -0.766. The van der Waals surface area contributed by atoms with Gasteiger partial charge in [-0.25, -0.2) is 4.79 Å². The SMILES string of the molecule is O=C(Oc1ccc(S)cc1)c1cc(O)c(O)c(O)c1. The Balaban J connectivity index is 2.23. The molecule has 2 aromatic carbocycles. The molecule has 0 spiro atoms. The largest absolute Gasteiger partial charge is 0.504 e. The third-order valence-electron chi connectivity index (χ3n) is 2.35. The van der Waals surface area contributed by atoms with Gasteiger partial charge >= 0.3 is 5.97 Å². The number of phenolic OH excluding ortho intramolecular Hbond substituents is 3.